The standard InChI is InChI=1S/C18H19N3O4S/c1-4-25-17-9-8-13(12-19)10-16(17)20-18(22)14-6-5-7-15(11-14)26(23,24)21(2)3/h5-11H,4H2,1-3H3,(H,20,22). The zero-order valence-corrected chi connectivity index (χ0v) is 15.5. The van der Waals surface area contributed by atoms with Crippen molar-refractivity contribution < 1.29 is 17.9 Å². The second-order valence-electron chi connectivity index (χ2n) is 5.53. The molecular formula is C18H19N3O4S. The van der Waals surface area contributed by atoms with E-state index in [9.17, 15) is 13.2 Å². The molecule has 0 saturated carbocycles. The average Bonchev–Trinajstić information content (AvgIpc) is 2.63. The minimum atomic E-state index is -3.65. The van der Waals surface area contributed by atoms with Gasteiger partial charge < -0.3 is 10.1 Å². The Kier molecular flexibility index (Phi) is 5.97. The lowest BCUT2D eigenvalue weighted by Gasteiger charge is -2.14. The first-order chi connectivity index (χ1) is 12.3. The third kappa shape index (κ3) is 4.20. The van der Waals surface area contributed by atoms with E-state index in [0.717, 1.165) is 4.31 Å². The normalized spacial score (nSPS) is 11.0. The predicted octanol–water partition coefficient (Wildman–Crippen LogP) is 2.46. The van der Waals surface area contributed by atoms with E-state index in [1.807, 2.05) is 6.07 Å². The average molecular weight is 373 g/mol. The Morgan fingerprint density at radius 1 is 1.23 bits per heavy atom. The van der Waals surface area contributed by atoms with Crippen molar-refractivity contribution in [3.05, 3.63) is 53.6 Å². The summed E-state index contributed by atoms with van der Waals surface area (Å²) in [5.74, 6) is -0.0752. The summed E-state index contributed by atoms with van der Waals surface area (Å²) < 4.78 is 31.0. The number of amides is 1. The first kappa shape index (κ1) is 19.4. The number of nitriles is 1. The molecule has 0 radical (unpaired) electrons. The molecule has 26 heavy (non-hydrogen) atoms. The van der Waals surface area contributed by atoms with E-state index in [2.05, 4.69) is 5.32 Å². The Morgan fingerprint density at radius 2 is 1.96 bits per heavy atom. The maximum Gasteiger partial charge on any atom is 0.255 e. The zero-order valence-electron chi connectivity index (χ0n) is 14.7. The number of benzene rings is 2. The van der Waals surface area contributed by atoms with Crippen LogP contribution in [0.4, 0.5) is 5.69 Å². The van der Waals surface area contributed by atoms with Crippen LogP contribution in [0.25, 0.3) is 0 Å². The van der Waals surface area contributed by atoms with Crippen LogP contribution < -0.4 is 10.1 Å². The van der Waals surface area contributed by atoms with Crippen LogP contribution in [-0.4, -0.2) is 39.3 Å². The molecule has 2 rings (SSSR count). The molecule has 0 fully saturated rings. The highest BCUT2D eigenvalue weighted by Crippen LogP contribution is 2.26. The van der Waals surface area contributed by atoms with Crippen molar-refractivity contribution in [3.63, 3.8) is 0 Å². The number of sulfonamides is 1. The molecule has 8 heteroatoms. The molecule has 1 amide bonds. The molecular weight excluding hydrogens is 354 g/mol. The van der Waals surface area contributed by atoms with Gasteiger partial charge in [-0.1, -0.05) is 6.07 Å². The topological polar surface area (TPSA) is 99.5 Å². The van der Waals surface area contributed by atoms with Crippen LogP contribution in [0.3, 0.4) is 0 Å². The molecule has 0 aliphatic heterocycles. The lowest BCUT2D eigenvalue weighted by Crippen LogP contribution is -2.22. The monoisotopic (exact) mass is 373 g/mol. The minimum Gasteiger partial charge on any atom is -0.492 e. The Labute approximate surface area is 152 Å². The van der Waals surface area contributed by atoms with Gasteiger partial charge in [-0.2, -0.15) is 5.26 Å². The number of anilines is 1. The molecule has 136 valence electrons. The maximum absolute atomic E-state index is 12.6. The van der Waals surface area contributed by atoms with E-state index in [0.29, 0.717) is 23.6 Å². The Bertz CT molecular complexity index is 963. The number of hydrogen-bond donors (Lipinski definition) is 1. The van der Waals surface area contributed by atoms with E-state index in [1.165, 1.54) is 44.4 Å². The summed E-state index contributed by atoms with van der Waals surface area (Å²) in [6, 6.07) is 12.4. The van der Waals surface area contributed by atoms with Gasteiger partial charge in [0.1, 0.15) is 5.75 Å². The first-order valence-corrected chi connectivity index (χ1v) is 9.24. The highest BCUT2D eigenvalue weighted by Gasteiger charge is 2.19. The fraction of sp³-hybridized carbons (Fsp3) is 0.222. The van der Waals surface area contributed by atoms with Gasteiger partial charge in [0.05, 0.1) is 28.8 Å². The van der Waals surface area contributed by atoms with E-state index in [-0.39, 0.29) is 10.5 Å². The summed E-state index contributed by atoms with van der Waals surface area (Å²) in [4.78, 5) is 12.6. The molecule has 0 atom stereocenters. The molecule has 0 aliphatic rings. The van der Waals surface area contributed by atoms with Crippen molar-refractivity contribution >= 4 is 21.6 Å². The number of ether oxygens (including phenoxy) is 1. The van der Waals surface area contributed by atoms with Gasteiger partial charge in [-0.05, 0) is 43.3 Å². The Balaban J connectivity index is 2.36. The highest BCUT2D eigenvalue weighted by atomic mass is 32.2. The molecule has 0 heterocycles. The summed E-state index contributed by atoms with van der Waals surface area (Å²) in [7, 11) is -0.807. The molecule has 0 aromatic heterocycles. The van der Waals surface area contributed by atoms with Crippen LogP contribution in [0.2, 0.25) is 0 Å². The van der Waals surface area contributed by atoms with Crippen LogP contribution >= 0.6 is 0 Å². The van der Waals surface area contributed by atoms with Crippen molar-refractivity contribution in [2.75, 3.05) is 26.0 Å². The molecule has 0 bridgehead atoms. The van der Waals surface area contributed by atoms with Gasteiger partial charge in [0.15, 0.2) is 0 Å². The van der Waals surface area contributed by atoms with Gasteiger partial charge in [-0.15, -0.1) is 0 Å². The fourth-order valence-electron chi connectivity index (χ4n) is 2.18. The predicted molar refractivity (Wildman–Crippen MR) is 97.6 cm³/mol. The molecule has 0 saturated heterocycles. The molecule has 0 unspecified atom stereocenters. The molecule has 7 nitrogen and oxygen atoms in total. The number of rotatable bonds is 6. The van der Waals surface area contributed by atoms with Gasteiger partial charge in [0.2, 0.25) is 10.0 Å². The van der Waals surface area contributed by atoms with Crippen LogP contribution in [-0.2, 0) is 10.0 Å². The van der Waals surface area contributed by atoms with Gasteiger partial charge in [0.25, 0.3) is 5.91 Å². The summed E-state index contributed by atoms with van der Waals surface area (Å²) in [6.07, 6.45) is 0. The summed E-state index contributed by atoms with van der Waals surface area (Å²) in [5, 5.41) is 11.7. The number of carbonyl (C=O) groups is 1. The van der Waals surface area contributed by atoms with Crippen molar-refractivity contribution in [2.24, 2.45) is 0 Å². The third-order valence-corrected chi connectivity index (χ3v) is 5.34. The summed E-state index contributed by atoms with van der Waals surface area (Å²) in [5.41, 5.74) is 0.891. The molecule has 2 aromatic carbocycles. The fourth-order valence-corrected chi connectivity index (χ4v) is 3.13. The summed E-state index contributed by atoms with van der Waals surface area (Å²) in [6.45, 7) is 2.20. The molecule has 0 aliphatic carbocycles. The first-order valence-electron chi connectivity index (χ1n) is 7.80. The lowest BCUT2D eigenvalue weighted by atomic mass is 10.1. The quantitative estimate of drug-likeness (QED) is 0.838. The number of carbonyl (C=O) groups excluding carboxylic acids is 1. The van der Waals surface area contributed by atoms with E-state index < -0.39 is 15.9 Å². The number of hydrogen-bond acceptors (Lipinski definition) is 5. The largest absolute Gasteiger partial charge is 0.492 e. The SMILES string of the molecule is CCOc1ccc(C#N)cc1NC(=O)c1cccc(S(=O)(=O)N(C)C)c1. The Morgan fingerprint density at radius 3 is 2.58 bits per heavy atom. The van der Waals surface area contributed by atoms with Crippen molar-refractivity contribution in [2.45, 2.75) is 11.8 Å². The van der Waals surface area contributed by atoms with E-state index in [1.54, 1.807) is 19.1 Å². The van der Waals surface area contributed by atoms with Crippen LogP contribution in [0.5, 0.6) is 5.75 Å². The molecule has 1 N–H and O–H groups in total. The highest BCUT2D eigenvalue weighted by molar-refractivity contribution is 7.89. The lowest BCUT2D eigenvalue weighted by molar-refractivity contribution is 0.102. The number of nitrogens with zero attached hydrogens (tertiary/aromatic N) is 2. The van der Waals surface area contributed by atoms with Gasteiger partial charge in [-0.25, -0.2) is 12.7 Å². The summed E-state index contributed by atoms with van der Waals surface area (Å²) >= 11 is 0. The second kappa shape index (κ2) is 7.99. The molecule has 0 spiro atoms. The maximum atomic E-state index is 12.6. The zero-order chi connectivity index (χ0) is 19.3. The van der Waals surface area contributed by atoms with Crippen molar-refractivity contribution in [1.82, 2.24) is 4.31 Å². The molecule has 2 aromatic rings. The third-order valence-electron chi connectivity index (χ3n) is 3.53. The van der Waals surface area contributed by atoms with Gasteiger partial charge in [0, 0.05) is 19.7 Å². The van der Waals surface area contributed by atoms with Crippen LogP contribution in [0.1, 0.15) is 22.8 Å². The Hall–Kier alpha value is -2.89. The van der Waals surface area contributed by atoms with Crippen molar-refractivity contribution in [3.8, 4) is 11.8 Å². The second-order valence-corrected chi connectivity index (χ2v) is 7.68. The minimum absolute atomic E-state index is 0.0194. The van der Waals surface area contributed by atoms with Crippen molar-refractivity contribution in [1.29, 1.82) is 5.26 Å². The van der Waals surface area contributed by atoms with Crippen LogP contribution in [0.15, 0.2) is 47.4 Å². The van der Waals surface area contributed by atoms with E-state index >= 15 is 0 Å². The van der Waals surface area contributed by atoms with Gasteiger partial charge in [-0.3, -0.25) is 4.79 Å². The van der Waals surface area contributed by atoms with E-state index in [4.69, 9.17) is 10.00 Å². The number of nitrogens with one attached hydrogen (secondary N) is 1. The van der Waals surface area contributed by atoms with Crippen LogP contribution in [0, 0.1) is 11.3 Å². The van der Waals surface area contributed by atoms with Gasteiger partial charge >= 0.3 is 0 Å². The smallest absolute Gasteiger partial charge is 0.255 e.